The van der Waals surface area contributed by atoms with Crippen molar-refractivity contribution in [3.05, 3.63) is 0 Å². The molecule has 8 fully saturated rings. The molecule has 0 aromatic rings. The van der Waals surface area contributed by atoms with E-state index in [1.54, 1.807) is 0 Å². The molecule has 4 bridgehead atoms. The van der Waals surface area contributed by atoms with Crippen molar-refractivity contribution in [1.29, 1.82) is 0 Å². The van der Waals surface area contributed by atoms with Crippen molar-refractivity contribution < 1.29 is 38.2 Å². The molecular weight excluding hydrogens is 516 g/mol. The number of imide groups is 2. The zero-order valence-electron chi connectivity index (χ0n) is 23.5. The minimum atomic E-state index is -0.867. The Morgan fingerprint density at radius 1 is 0.625 bits per heavy atom. The highest BCUT2D eigenvalue weighted by atomic mass is 16.5. The number of ether oxygens (including phenoxy) is 2. The highest BCUT2D eigenvalue weighted by Crippen LogP contribution is 2.61. The Kier molecular flexibility index (Phi) is 6.81. The molecule has 4 atom stereocenters. The van der Waals surface area contributed by atoms with E-state index in [4.69, 9.17) is 9.47 Å². The van der Waals surface area contributed by atoms with Gasteiger partial charge in [0, 0.05) is 13.1 Å². The van der Waals surface area contributed by atoms with Gasteiger partial charge in [0.25, 0.3) is 0 Å². The van der Waals surface area contributed by atoms with Crippen LogP contribution in [-0.2, 0) is 38.2 Å². The largest absolute Gasteiger partial charge is 0.469 e. The molecule has 40 heavy (non-hydrogen) atoms. The van der Waals surface area contributed by atoms with Gasteiger partial charge in [-0.15, -0.1) is 0 Å². The number of carbonyl (C=O) groups excluding carboxylic acids is 6. The van der Waals surface area contributed by atoms with E-state index in [9.17, 15) is 28.8 Å². The number of fused-ring (bicyclic) bond motifs is 4. The van der Waals surface area contributed by atoms with Crippen molar-refractivity contribution in [2.24, 2.45) is 46.3 Å². The monoisotopic (exact) mass is 556 g/mol. The molecule has 0 N–H and O–H groups in total. The molecule has 8 rings (SSSR count). The number of esters is 2. The highest BCUT2D eigenvalue weighted by Gasteiger charge is 2.68. The topological polar surface area (TPSA) is 127 Å². The van der Waals surface area contributed by atoms with Crippen LogP contribution in [0, 0.1) is 46.3 Å². The van der Waals surface area contributed by atoms with Crippen molar-refractivity contribution >= 4 is 35.6 Å². The van der Waals surface area contributed by atoms with Gasteiger partial charge in [-0.25, -0.2) is 0 Å². The molecule has 0 aromatic carbocycles. The lowest BCUT2D eigenvalue weighted by molar-refractivity contribution is -0.173. The van der Waals surface area contributed by atoms with Gasteiger partial charge in [-0.3, -0.25) is 38.6 Å². The average Bonchev–Trinajstić information content (AvgIpc) is 3.42. The summed E-state index contributed by atoms with van der Waals surface area (Å²) < 4.78 is 10.2. The van der Waals surface area contributed by atoms with Crippen LogP contribution in [0.25, 0.3) is 0 Å². The molecule has 0 radical (unpaired) electrons. The molecule has 218 valence electrons. The summed E-state index contributed by atoms with van der Waals surface area (Å²) >= 11 is 0. The van der Waals surface area contributed by atoms with Crippen LogP contribution in [0.15, 0.2) is 0 Å². The normalized spacial score (nSPS) is 39.5. The first-order valence-electron chi connectivity index (χ1n) is 15.1. The van der Waals surface area contributed by atoms with E-state index < -0.39 is 34.5 Å². The van der Waals surface area contributed by atoms with Crippen LogP contribution in [-0.4, -0.2) is 72.7 Å². The molecule has 4 amide bonds. The van der Waals surface area contributed by atoms with Gasteiger partial charge < -0.3 is 9.47 Å². The van der Waals surface area contributed by atoms with E-state index in [-0.39, 0.29) is 47.4 Å². The highest BCUT2D eigenvalue weighted by molar-refractivity contribution is 6.09. The predicted molar refractivity (Wildman–Crippen MR) is 139 cm³/mol. The summed E-state index contributed by atoms with van der Waals surface area (Å²) in [7, 11) is 2.70. The quantitative estimate of drug-likeness (QED) is 0.241. The zero-order chi connectivity index (χ0) is 28.4. The number of hydrogen-bond acceptors (Lipinski definition) is 8. The van der Waals surface area contributed by atoms with Gasteiger partial charge in [-0.1, -0.05) is 12.8 Å². The SMILES string of the molecule is COC(=O)C12CCC(CC1)C1C(=O)N(CCCCCCN3C(=O)C4C5CCC(C(=O)OC)(CC5)C4C3=O)C(=O)C12. The van der Waals surface area contributed by atoms with Crippen molar-refractivity contribution in [2.45, 2.75) is 77.0 Å². The van der Waals surface area contributed by atoms with Crippen LogP contribution in [0.3, 0.4) is 0 Å². The van der Waals surface area contributed by atoms with Crippen LogP contribution in [0.2, 0.25) is 0 Å². The van der Waals surface area contributed by atoms with Gasteiger partial charge in [0.15, 0.2) is 0 Å². The van der Waals surface area contributed by atoms with Gasteiger partial charge in [0.1, 0.15) is 0 Å². The minimum absolute atomic E-state index is 0.141. The van der Waals surface area contributed by atoms with Gasteiger partial charge >= 0.3 is 11.9 Å². The van der Waals surface area contributed by atoms with Gasteiger partial charge in [0.05, 0.1) is 48.7 Å². The van der Waals surface area contributed by atoms with E-state index in [1.807, 2.05) is 0 Å². The summed E-state index contributed by atoms with van der Waals surface area (Å²) in [6.07, 6.45) is 8.30. The fraction of sp³-hybridized carbons (Fsp3) is 0.800. The first-order valence-corrected chi connectivity index (χ1v) is 15.1. The lowest BCUT2D eigenvalue weighted by Crippen LogP contribution is -2.54. The van der Waals surface area contributed by atoms with E-state index in [2.05, 4.69) is 0 Å². The van der Waals surface area contributed by atoms with Gasteiger partial charge in [-0.2, -0.15) is 0 Å². The molecule has 0 spiro atoms. The van der Waals surface area contributed by atoms with E-state index in [0.717, 1.165) is 38.5 Å². The molecule has 0 aromatic heterocycles. The number of amides is 4. The number of carbonyl (C=O) groups is 6. The fourth-order valence-electron chi connectivity index (χ4n) is 9.67. The Bertz CT molecular complexity index is 1040. The first-order chi connectivity index (χ1) is 19.2. The second-order valence-electron chi connectivity index (χ2n) is 13.0. The molecule has 6 saturated carbocycles. The van der Waals surface area contributed by atoms with E-state index >= 15 is 0 Å². The molecule has 2 heterocycles. The Labute approximate surface area is 234 Å². The summed E-state index contributed by atoms with van der Waals surface area (Å²) in [6.45, 7) is 0.646. The van der Waals surface area contributed by atoms with Crippen molar-refractivity contribution in [2.75, 3.05) is 27.3 Å². The van der Waals surface area contributed by atoms with Crippen LogP contribution in [0.4, 0.5) is 0 Å². The summed E-state index contributed by atoms with van der Waals surface area (Å²) in [5.41, 5.74) is -1.73. The number of likely N-dealkylation sites (tertiary alicyclic amines) is 2. The maximum Gasteiger partial charge on any atom is 0.312 e. The molecule has 10 nitrogen and oxygen atoms in total. The minimum Gasteiger partial charge on any atom is -0.469 e. The maximum absolute atomic E-state index is 13.4. The van der Waals surface area contributed by atoms with Crippen molar-refractivity contribution in [1.82, 2.24) is 9.80 Å². The fourth-order valence-corrected chi connectivity index (χ4v) is 9.67. The van der Waals surface area contributed by atoms with Gasteiger partial charge in [0.2, 0.25) is 23.6 Å². The smallest absolute Gasteiger partial charge is 0.312 e. The van der Waals surface area contributed by atoms with Crippen LogP contribution >= 0.6 is 0 Å². The van der Waals surface area contributed by atoms with Crippen molar-refractivity contribution in [3.63, 3.8) is 0 Å². The standard InChI is InChI=1S/C30H40N2O8/c1-39-27(37)29-11-7-17(8-12-29)19-21(29)25(35)31(23(19)33)15-5-3-4-6-16-32-24(34)20-18-9-13-30(14-10-18,28(38)40-2)22(20)26(32)36/h17-22H,3-16H2,1-2H3. The Balaban J connectivity index is 1.02. The predicted octanol–water partition coefficient (Wildman–Crippen LogP) is 2.48. The molecule has 4 unspecified atom stereocenters. The van der Waals surface area contributed by atoms with Crippen molar-refractivity contribution in [3.8, 4) is 0 Å². The van der Waals surface area contributed by atoms with Gasteiger partial charge in [-0.05, 0) is 76.0 Å². The van der Waals surface area contributed by atoms with Crippen LogP contribution < -0.4 is 0 Å². The lowest BCUT2D eigenvalue weighted by atomic mass is 9.51. The summed E-state index contributed by atoms with van der Waals surface area (Å²) in [5, 5.41) is 0. The maximum atomic E-state index is 13.4. The number of methoxy groups -OCH3 is 2. The zero-order valence-corrected chi connectivity index (χ0v) is 23.5. The molecule has 6 aliphatic carbocycles. The van der Waals surface area contributed by atoms with E-state index in [0.29, 0.717) is 51.6 Å². The summed E-state index contributed by atoms with van der Waals surface area (Å²) in [5.74, 6) is -3.16. The molecule has 2 aliphatic heterocycles. The third-order valence-electron chi connectivity index (χ3n) is 11.6. The van der Waals surface area contributed by atoms with Crippen LogP contribution in [0.5, 0.6) is 0 Å². The lowest BCUT2D eigenvalue weighted by Gasteiger charge is -2.49. The molecule has 2 saturated heterocycles. The summed E-state index contributed by atoms with van der Waals surface area (Å²) in [4.78, 5) is 81.6. The number of unbranched alkanes of at least 4 members (excludes halogenated alkanes) is 3. The molecule has 10 heteroatoms. The molecular formula is C30H40N2O8. The first kappa shape index (κ1) is 27.4. The Morgan fingerprint density at radius 3 is 1.30 bits per heavy atom. The average molecular weight is 557 g/mol. The third-order valence-corrected chi connectivity index (χ3v) is 11.6. The second kappa shape index (κ2) is 9.94. The third kappa shape index (κ3) is 3.66. The van der Waals surface area contributed by atoms with E-state index in [1.165, 1.54) is 24.0 Å². The number of hydrogen-bond donors (Lipinski definition) is 0. The Hall–Kier alpha value is -2.78. The Morgan fingerprint density at radius 2 is 0.975 bits per heavy atom. The summed E-state index contributed by atoms with van der Waals surface area (Å²) in [6, 6.07) is 0. The second-order valence-corrected chi connectivity index (χ2v) is 13.0. The molecule has 8 aliphatic rings. The number of nitrogens with zero attached hydrogens (tertiary/aromatic N) is 2. The van der Waals surface area contributed by atoms with Crippen LogP contribution in [0.1, 0.15) is 77.0 Å². The number of rotatable bonds is 9.